The van der Waals surface area contributed by atoms with Crippen molar-refractivity contribution >= 4 is 5.69 Å². The van der Waals surface area contributed by atoms with Gasteiger partial charge in [-0.25, -0.2) is 0 Å². The van der Waals surface area contributed by atoms with Gasteiger partial charge in [-0.1, -0.05) is 6.42 Å². The summed E-state index contributed by atoms with van der Waals surface area (Å²) in [4.78, 5) is 0. The summed E-state index contributed by atoms with van der Waals surface area (Å²) in [5, 5.41) is 3.70. The molecular weight excluding hydrogens is 222 g/mol. The molecule has 2 bridgehead atoms. The zero-order valence-electron chi connectivity index (χ0n) is 11.4. The first-order valence-corrected chi connectivity index (χ1v) is 7.24. The Morgan fingerprint density at radius 3 is 2.44 bits per heavy atom. The Morgan fingerprint density at radius 2 is 1.89 bits per heavy atom. The number of fused-ring (bicyclic) bond motifs is 2. The van der Waals surface area contributed by atoms with E-state index >= 15 is 0 Å². The zero-order valence-corrected chi connectivity index (χ0v) is 11.4. The van der Waals surface area contributed by atoms with Gasteiger partial charge in [-0.15, -0.1) is 0 Å². The Balaban J connectivity index is 1.60. The zero-order chi connectivity index (χ0) is 12.5. The predicted molar refractivity (Wildman–Crippen MR) is 75.1 cm³/mol. The molecule has 3 rings (SSSR count). The molecule has 18 heavy (non-hydrogen) atoms. The molecule has 3 unspecified atom stereocenters. The third-order valence-electron chi connectivity index (χ3n) is 4.32. The topological polar surface area (TPSA) is 21.3 Å². The third-order valence-corrected chi connectivity index (χ3v) is 4.32. The van der Waals surface area contributed by atoms with Crippen LogP contribution in [0.25, 0.3) is 0 Å². The lowest BCUT2D eigenvalue weighted by Crippen LogP contribution is -2.25. The van der Waals surface area contributed by atoms with Crippen LogP contribution in [0.15, 0.2) is 24.3 Å². The summed E-state index contributed by atoms with van der Waals surface area (Å²) >= 11 is 0. The maximum Gasteiger partial charge on any atom is 0.119 e. The minimum Gasteiger partial charge on any atom is -0.491 e. The van der Waals surface area contributed by atoms with E-state index in [-0.39, 0.29) is 6.10 Å². The third kappa shape index (κ3) is 2.47. The van der Waals surface area contributed by atoms with Crippen molar-refractivity contribution < 1.29 is 4.74 Å². The summed E-state index contributed by atoms with van der Waals surface area (Å²) in [5.41, 5.74) is 1.24. The molecule has 2 aliphatic carbocycles. The van der Waals surface area contributed by atoms with Crippen LogP contribution in [0.5, 0.6) is 5.75 Å². The van der Waals surface area contributed by atoms with Crippen LogP contribution in [0.2, 0.25) is 0 Å². The summed E-state index contributed by atoms with van der Waals surface area (Å²) in [6.45, 7) is 4.11. The number of nitrogens with one attached hydrogen (secondary N) is 1. The second kappa shape index (κ2) is 4.83. The van der Waals surface area contributed by atoms with Crippen LogP contribution in [-0.4, -0.2) is 12.1 Å². The molecule has 98 valence electrons. The van der Waals surface area contributed by atoms with Crippen molar-refractivity contribution in [3.8, 4) is 5.75 Å². The van der Waals surface area contributed by atoms with Gasteiger partial charge in [0.1, 0.15) is 5.75 Å². The molecule has 1 aromatic rings. The molecule has 0 aliphatic heterocycles. The molecule has 0 radical (unpaired) electrons. The molecule has 2 nitrogen and oxygen atoms in total. The van der Waals surface area contributed by atoms with Gasteiger partial charge in [-0.2, -0.15) is 0 Å². The molecule has 2 aliphatic rings. The summed E-state index contributed by atoms with van der Waals surface area (Å²) in [6.07, 6.45) is 5.96. The first kappa shape index (κ1) is 11.9. The number of hydrogen-bond acceptors (Lipinski definition) is 2. The molecule has 3 atom stereocenters. The molecule has 0 aromatic heterocycles. The summed E-state index contributed by atoms with van der Waals surface area (Å²) in [5.74, 6) is 2.88. The van der Waals surface area contributed by atoms with Crippen LogP contribution in [0.3, 0.4) is 0 Å². The number of benzene rings is 1. The van der Waals surface area contributed by atoms with Crippen molar-refractivity contribution in [3.05, 3.63) is 24.3 Å². The van der Waals surface area contributed by atoms with E-state index in [0.717, 1.165) is 17.6 Å². The maximum absolute atomic E-state index is 5.66. The van der Waals surface area contributed by atoms with Gasteiger partial charge in [0.25, 0.3) is 0 Å². The van der Waals surface area contributed by atoms with E-state index in [1.54, 1.807) is 0 Å². The van der Waals surface area contributed by atoms with E-state index in [1.165, 1.54) is 31.4 Å². The van der Waals surface area contributed by atoms with E-state index < -0.39 is 0 Å². The number of hydrogen-bond donors (Lipinski definition) is 1. The lowest BCUT2D eigenvalue weighted by atomic mass is 9.95. The van der Waals surface area contributed by atoms with Crippen LogP contribution < -0.4 is 10.1 Å². The van der Waals surface area contributed by atoms with Crippen molar-refractivity contribution in [2.45, 2.75) is 51.7 Å². The van der Waals surface area contributed by atoms with Gasteiger partial charge >= 0.3 is 0 Å². The number of anilines is 1. The fourth-order valence-electron chi connectivity index (χ4n) is 3.54. The second-order valence-electron chi connectivity index (χ2n) is 6.12. The molecule has 2 saturated carbocycles. The van der Waals surface area contributed by atoms with E-state index in [2.05, 4.69) is 43.4 Å². The van der Waals surface area contributed by atoms with E-state index in [4.69, 9.17) is 4.74 Å². The Kier molecular flexibility index (Phi) is 3.19. The summed E-state index contributed by atoms with van der Waals surface area (Å²) in [6, 6.07) is 9.12. The van der Waals surface area contributed by atoms with Crippen LogP contribution in [-0.2, 0) is 0 Å². The Morgan fingerprint density at radius 1 is 1.11 bits per heavy atom. The van der Waals surface area contributed by atoms with Crippen molar-refractivity contribution in [2.75, 3.05) is 5.32 Å². The number of ether oxygens (including phenoxy) is 1. The SMILES string of the molecule is CC(C)Oc1ccc(NC2CC3CCC2C3)cc1. The normalized spacial score (nSPS) is 29.8. The lowest BCUT2D eigenvalue weighted by molar-refractivity contribution is 0.242. The fourth-order valence-corrected chi connectivity index (χ4v) is 3.54. The van der Waals surface area contributed by atoms with Gasteiger partial charge in [0, 0.05) is 11.7 Å². The van der Waals surface area contributed by atoms with Gasteiger partial charge in [-0.3, -0.25) is 0 Å². The quantitative estimate of drug-likeness (QED) is 0.863. The van der Waals surface area contributed by atoms with Gasteiger partial charge in [0.05, 0.1) is 6.10 Å². The van der Waals surface area contributed by atoms with Crippen molar-refractivity contribution in [1.82, 2.24) is 0 Å². The van der Waals surface area contributed by atoms with E-state index in [1.807, 2.05) is 0 Å². The first-order chi connectivity index (χ1) is 8.70. The van der Waals surface area contributed by atoms with Crippen LogP contribution in [0, 0.1) is 11.8 Å². The molecule has 0 heterocycles. The second-order valence-corrected chi connectivity index (χ2v) is 6.12. The van der Waals surface area contributed by atoms with Gasteiger partial charge in [-0.05, 0) is 69.2 Å². The summed E-state index contributed by atoms with van der Waals surface area (Å²) < 4.78 is 5.66. The molecule has 0 saturated heterocycles. The average molecular weight is 245 g/mol. The fraction of sp³-hybridized carbons (Fsp3) is 0.625. The molecule has 0 spiro atoms. The van der Waals surface area contributed by atoms with E-state index in [9.17, 15) is 0 Å². The van der Waals surface area contributed by atoms with Crippen LogP contribution >= 0.6 is 0 Å². The maximum atomic E-state index is 5.66. The average Bonchev–Trinajstić information content (AvgIpc) is 2.93. The predicted octanol–water partition coefficient (Wildman–Crippen LogP) is 4.07. The highest BCUT2D eigenvalue weighted by Crippen LogP contribution is 2.45. The largest absolute Gasteiger partial charge is 0.491 e. The Labute approximate surface area is 110 Å². The Hall–Kier alpha value is -1.18. The molecule has 1 aromatic carbocycles. The smallest absolute Gasteiger partial charge is 0.119 e. The minimum absolute atomic E-state index is 0.245. The van der Waals surface area contributed by atoms with Crippen molar-refractivity contribution in [2.24, 2.45) is 11.8 Å². The monoisotopic (exact) mass is 245 g/mol. The van der Waals surface area contributed by atoms with Crippen molar-refractivity contribution in [3.63, 3.8) is 0 Å². The standard InChI is InChI=1S/C16H23NO/c1-11(2)18-15-7-5-14(6-8-15)17-16-10-12-3-4-13(16)9-12/h5-8,11-13,16-17H,3-4,9-10H2,1-2H3. The Bertz CT molecular complexity index is 398. The highest BCUT2D eigenvalue weighted by molar-refractivity contribution is 5.47. The molecular formula is C16H23NO. The van der Waals surface area contributed by atoms with Crippen LogP contribution in [0.4, 0.5) is 5.69 Å². The summed E-state index contributed by atoms with van der Waals surface area (Å²) in [7, 11) is 0. The molecule has 2 heteroatoms. The molecule has 2 fully saturated rings. The minimum atomic E-state index is 0.245. The van der Waals surface area contributed by atoms with Crippen LogP contribution in [0.1, 0.15) is 39.5 Å². The van der Waals surface area contributed by atoms with Gasteiger partial charge < -0.3 is 10.1 Å². The van der Waals surface area contributed by atoms with Gasteiger partial charge in [0.2, 0.25) is 0 Å². The van der Waals surface area contributed by atoms with Crippen molar-refractivity contribution in [1.29, 1.82) is 0 Å². The molecule has 1 N–H and O–H groups in total. The van der Waals surface area contributed by atoms with Gasteiger partial charge in [0.15, 0.2) is 0 Å². The first-order valence-electron chi connectivity index (χ1n) is 7.24. The van der Waals surface area contributed by atoms with E-state index in [0.29, 0.717) is 6.04 Å². The highest BCUT2D eigenvalue weighted by Gasteiger charge is 2.39. The highest BCUT2D eigenvalue weighted by atomic mass is 16.5. The lowest BCUT2D eigenvalue weighted by Gasteiger charge is -2.24. The number of rotatable bonds is 4. The molecule has 0 amide bonds.